The van der Waals surface area contributed by atoms with E-state index in [9.17, 15) is 8.42 Å². The smallest absolute Gasteiger partial charge is 0.215 e. The first-order valence-corrected chi connectivity index (χ1v) is 8.03. The van der Waals surface area contributed by atoms with Gasteiger partial charge in [0.05, 0.1) is 5.75 Å². The Labute approximate surface area is 109 Å². The molecular formula is C13H20N2O2S. The molecule has 1 saturated heterocycles. The molecule has 2 rings (SSSR count). The van der Waals surface area contributed by atoms with Crippen molar-refractivity contribution in [1.29, 1.82) is 0 Å². The number of sulfonamides is 1. The van der Waals surface area contributed by atoms with Gasteiger partial charge < -0.3 is 5.32 Å². The molecule has 0 aromatic heterocycles. The Morgan fingerprint density at radius 2 is 2.06 bits per heavy atom. The third kappa shape index (κ3) is 4.40. The second-order valence-electron chi connectivity index (χ2n) is 4.81. The third-order valence-corrected chi connectivity index (χ3v) is 4.51. The largest absolute Gasteiger partial charge is 0.316 e. The molecule has 0 bridgehead atoms. The molecular weight excluding hydrogens is 248 g/mol. The lowest BCUT2D eigenvalue weighted by molar-refractivity contribution is 0.376. The number of rotatable bonds is 5. The van der Waals surface area contributed by atoms with Crippen molar-refractivity contribution in [2.24, 2.45) is 5.92 Å². The molecule has 0 unspecified atom stereocenters. The van der Waals surface area contributed by atoms with Crippen LogP contribution in [0.1, 0.15) is 18.4 Å². The van der Waals surface area contributed by atoms with Crippen LogP contribution in [-0.2, 0) is 15.8 Å². The highest BCUT2D eigenvalue weighted by Gasteiger charge is 2.17. The molecule has 1 aromatic rings. The van der Waals surface area contributed by atoms with E-state index in [2.05, 4.69) is 10.0 Å². The molecule has 1 aliphatic heterocycles. The lowest BCUT2D eigenvalue weighted by Crippen LogP contribution is -2.38. The van der Waals surface area contributed by atoms with Gasteiger partial charge in [0.15, 0.2) is 0 Å². The van der Waals surface area contributed by atoms with Crippen molar-refractivity contribution in [2.75, 3.05) is 19.6 Å². The maximum absolute atomic E-state index is 11.9. The molecule has 0 spiro atoms. The number of hydrogen-bond acceptors (Lipinski definition) is 3. The van der Waals surface area contributed by atoms with Gasteiger partial charge in [-0.1, -0.05) is 30.3 Å². The van der Waals surface area contributed by atoms with Gasteiger partial charge in [-0.05, 0) is 37.4 Å². The molecule has 0 amide bonds. The Morgan fingerprint density at radius 3 is 2.72 bits per heavy atom. The minimum atomic E-state index is -3.21. The Hall–Kier alpha value is -0.910. The van der Waals surface area contributed by atoms with Crippen LogP contribution in [0.3, 0.4) is 0 Å². The molecule has 0 radical (unpaired) electrons. The summed E-state index contributed by atoms with van der Waals surface area (Å²) in [5.74, 6) is 0.484. The molecule has 1 heterocycles. The van der Waals surface area contributed by atoms with E-state index in [4.69, 9.17) is 0 Å². The van der Waals surface area contributed by atoms with Crippen molar-refractivity contribution in [3.8, 4) is 0 Å². The van der Waals surface area contributed by atoms with E-state index in [-0.39, 0.29) is 5.75 Å². The molecule has 2 N–H and O–H groups in total. The molecule has 5 heteroatoms. The van der Waals surface area contributed by atoms with Gasteiger partial charge in [0.2, 0.25) is 10.0 Å². The van der Waals surface area contributed by atoms with Crippen LogP contribution in [0.2, 0.25) is 0 Å². The van der Waals surface area contributed by atoms with E-state index in [0.717, 1.165) is 31.5 Å². The number of benzene rings is 1. The Bertz CT molecular complexity index is 453. The van der Waals surface area contributed by atoms with Crippen LogP contribution in [0.5, 0.6) is 0 Å². The summed E-state index contributed by atoms with van der Waals surface area (Å²) < 4.78 is 26.5. The zero-order valence-electron chi connectivity index (χ0n) is 10.4. The van der Waals surface area contributed by atoms with Gasteiger partial charge in [-0.15, -0.1) is 0 Å². The molecule has 18 heavy (non-hydrogen) atoms. The highest BCUT2D eigenvalue weighted by molar-refractivity contribution is 7.88. The van der Waals surface area contributed by atoms with Crippen LogP contribution >= 0.6 is 0 Å². The fraction of sp³-hybridized carbons (Fsp3) is 0.538. The van der Waals surface area contributed by atoms with E-state index in [1.54, 1.807) is 0 Å². The van der Waals surface area contributed by atoms with Crippen molar-refractivity contribution in [3.63, 3.8) is 0 Å². The summed E-state index contributed by atoms with van der Waals surface area (Å²) in [4.78, 5) is 0. The fourth-order valence-electron chi connectivity index (χ4n) is 2.19. The fourth-order valence-corrected chi connectivity index (χ4v) is 3.41. The van der Waals surface area contributed by atoms with E-state index in [0.29, 0.717) is 12.5 Å². The van der Waals surface area contributed by atoms with Crippen molar-refractivity contribution in [1.82, 2.24) is 10.0 Å². The zero-order chi connectivity index (χ0) is 12.8. The van der Waals surface area contributed by atoms with Crippen LogP contribution in [0.4, 0.5) is 0 Å². The predicted molar refractivity (Wildman–Crippen MR) is 72.7 cm³/mol. The SMILES string of the molecule is O=S(=O)(Cc1ccccc1)NC[C@@H]1CCCNC1. The van der Waals surface area contributed by atoms with E-state index < -0.39 is 10.0 Å². The van der Waals surface area contributed by atoms with Crippen molar-refractivity contribution in [2.45, 2.75) is 18.6 Å². The molecule has 1 atom stereocenters. The van der Waals surface area contributed by atoms with Gasteiger partial charge >= 0.3 is 0 Å². The monoisotopic (exact) mass is 268 g/mol. The van der Waals surface area contributed by atoms with Crippen LogP contribution in [0.15, 0.2) is 30.3 Å². The lowest BCUT2D eigenvalue weighted by Gasteiger charge is -2.22. The van der Waals surface area contributed by atoms with Crippen molar-refractivity contribution >= 4 is 10.0 Å². The summed E-state index contributed by atoms with van der Waals surface area (Å²) in [6.45, 7) is 2.50. The van der Waals surface area contributed by atoms with Crippen LogP contribution in [0.25, 0.3) is 0 Å². The Morgan fingerprint density at radius 1 is 1.28 bits per heavy atom. The molecule has 0 saturated carbocycles. The second-order valence-corrected chi connectivity index (χ2v) is 6.61. The third-order valence-electron chi connectivity index (χ3n) is 3.19. The zero-order valence-corrected chi connectivity index (χ0v) is 11.2. The standard InChI is InChI=1S/C13H20N2O2S/c16-18(17,11-12-5-2-1-3-6-12)15-10-13-7-4-8-14-9-13/h1-3,5-6,13-15H,4,7-11H2/t13-/m1/s1. The minimum Gasteiger partial charge on any atom is -0.316 e. The van der Waals surface area contributed by atoms with E-state index in [1.165, 1.54) is 0 Å². The minimum absolute atomic E-state index is 0.0635. The molecule has 1 aromatic carbocycles. The Kier molecular flexibility index (Phi) is 4.74. The highest BCUT2D eigenvalue weighted by atomic mass is 32.2. The summed E-state index contributed by atoms with van der Waals surface area (Å²) in [5.41, 5.74) is 0.826. The van der Waals surface area contributed by atoms with Crippen LogP contribution in [0, 0.1) is 5.92 Å². The maximum Gasteiger partial charge on any atom is 0.215 e. The van der Waals surface area contributed by atoms with Crippen LogP contribution < -0.4 is 10.0 Å². The molecule has 1 aliphatic rings. The molecule has 100 valence electrons. The molecule has 0 aliphatic carbocycles. The average Bonchev–Trinajstić information content (AvgIpc) is 2.38. The number of piperidine rings is 1. The second kappa shape index (κ2) is 6.31. The van der Waals surface area contributed by atoms with Gasteiger partial charge in [0, 0.05) is 6.54 Å². The van der Waals surface area contributed by atoms with Gasteiger partial charge in [0.1, 0.15) is 0 Å². The van der Waals surface area contributed by atoms with Gasteiger partial charge in [-0.3, -0.25) is 0 Å². The highest BCUT2D eigenvalue weighted by Crippen LogP contribution is 2.10. The Balaban J connectivity index is 1.83. The molecule has 1 fully saturated rings. The van der Waals surface area contributed by atoms with E-state index in [1.807, 2.05) is 30.3 Å². The van der Waals surface area contributed by atoms with Crippen molar-refractivity contribution in [3.05, 3.63) is 35.9 Å². The number of hydrogen-bond donors (Lipinski definition) is 2. The topological polar surface area (TPSA) is 58.2 Å². The first-order valence-electron chi connectivity index (χ1n) is 6.38. The lowest BCUT2D eigenvalue weighted by atomic mass is 10.0. The van der Waals surface area contributed by atoms with Gasteiger partial charge in [-0.25, -0.2) is 13.1 Å². The molecule has 4 nitrogen and oxygen atoms in total. The summed E-state index contributed by atoms with van der Waals surface area (Å²) >= 11 is 0. The summed E-state index contributed by atoms with van der Waals surface area (Å²) in [5, 5.41) is 3.29. The predicted octanol–water partition coefficient (Wildman–Crippen LogP) is 1.11. The van der Waals surface area contributed by atoms with E-state index >= 15 is 0 Å². The summed E-state index contributed by atoms with van der Waals surface area (Å²) in [6, 6.07) is 9.27. The first-order chi connectivity index (χ1) is 8.66. The van der Waals surface area contributed by atoms with Crippen LogP contribution in [-0.4, -0.2) is 28.1 Å². The summed E-state index contributed by atoms with van der Waals surface area (Å²) in [7, 11) is -3.21. The van der Waals surface area contributed by atoms with Gasteiger partial charge in [0.25, 0.3) is 0 Å². The summed E-state index contributed by atoms with van der Waals surface area (Å²) in [6.07, 6.45) is 2.23. The normalized spacial score (nSPS) is 20.8. The number of nitrogens with one attached hydrogen (secondary N) is 2. The quantitative estimate of drug-likeness (QED) is 0.841. The van der Waals surface area contributed by atoms with Gasteiger partial charge in [-0.2, -0.15) is 0 Å². The average molecular weight is 268 g/mol. The first kappa shape index (κ1) is 13.5. The maximum atomic E-state index is 11.9. The van der Waals surface area contributed by atoms with Crippen molar-refractivity contribution < 1.29 is 8.42 Å².